The van der Waals surface area contributed by atoms with Crippen molar-refractivity contribution in [1.29, 1.82) is 0 Å². The summed E-state index contributed by atoms with van der Waals surface area (Å²) in [4.78, 5) is 58.4. The number of carboxylic acids is 2. The molecule has 24 heavy (non-hydrogen) atoms. The summed E-state index contributed by atoms with van der Waals surface area (Å²) >= 11 is 0. The summed E-state index contributed by atoms with van der Waals surface area (Å²) in [6.45, 7) is -0.636. The number of rotatable bonds is 7. The number of carbonyl (C=O) groups is 5. The van der Waals surface area contributed by atoms with Gasteiger partial charge >= 0.3 is 11.9 Å². The number of fused-ring (bicyclic) bond motifs is 1. The third kappa shape index (κ3) is 3.57. The lowest BCUT2D eigenvalue weighted by molar-refractivity contribution is -0.143. The van der Waals surface area contributed by atoms with Crippen LogP contribution in [0.25, 0.3) is 0 Å². The fraction of sp³-hybridized carbons (Fsp3) is 0.267. The van der Waals surface area contributed by atoms with E-state index in [4.69, 9.17) is 10.2 Å². The van der Waals surface area contributed by atoms with Crippen LogP contribution < -0.4 is 5.32 Å². The molecule has 0 aliphatic carbocycles. The van der Waals surface area contributed by atoms with E-state index in [0.717, 1.165) is 4.90 Å². The SMILES string of the molecule is O=C(O)CC[C@@H](NC(=O)CN1C(=O)c2ccccc2C1=O)C(=O)O. The van der Waals surface area contributed by atoms with Gasteiger partial charge in [0, 0.05) is 6.42 Å². The third-order valence-corrected chi connectivity index (χ3v) is 3.46. The van der Waals surface area contributed by atoms with E-state index in [1.807, 2.05) is 0 Å². The van der Waals surface area contributed by atoms with Gasteiger partial charge in [0.25, 0.3) is 11.8 Å². The Morgan fingerprint density at radius 1 is 1.04 bits per heavy atom. The van der Waals surface area contributed by atoms with Crippen molar-refractivity contribution in [2.24, 2.45) is 0 Å². The van der Waals surface area contributed by atoms with Gasteiger partial charge in [-0.1, -0.05) is 12.1 Å². The van der Waals surface area contributed by atoms with Crippen LogP contribution in [0.1, 0.15) is 33.6 Å². The molecular weight excluding hydrogens is 320 g/mol. The lowest BCUT2D eigenvalue weighted by atomic mass is 10.1. The number of aliphatic carboxylic acids is 2. The van der Waals surface area contributed by atoms with Crippen molar-refractivity contribution < 1.29 is 34.2 Å². The first-order chi connectivity index (χ1) is 11.3. The highest BCUT2D eigenvalue weighted by Crippen LogP contribution is 2.21. The van der Waals surface area contributed by atoms with E-state index in [1.165, 1.54) is 12.1 Å². The second-order valence-electron chi connectivity index (χ2n) is 5.13. The van der Waals surface area contributed by atoms with Crippen LogP contribution in [0.3, 0.4) is 0 Å². The molecule has 3 N–H and O–H groups in total. The molecule has 0 bridgehead atoms. The number of hydrogen-bond acceptors (Lipinski definition) is 5. The van der Waals surface area contributed by atoms with Gasteiger partial charge in [0.2, 0.25) is 5.91 Å². The molecule has 0 radical (unpaired) electrons. The summed E-state index contributed by atoms with van der Waals surface area (Å²) in [6.07, 6.45) is -0.747. The molecule has 2 rings (SSSR count). The molecule has 3 amide bonds. The highest BCUT2D eigenvalue weighted by molar-refractivity contribution is 6.22. The minimum absolute atomic E-state index is 0.177. The Morgan fingerprint density at radius 2 is 1.58 bits per heavy atom. The highest BCUT2D eigenvalue weighted by Gasteiger charge is 2.36. The van der Waals surface area contributed by atoms with Crippen LogP contribution in [0.15, 0.2) is 24.3 Å². The monoisotopic (exact) mass is 334 g/mol. The standard InChI is InChI=1S/C15H14N2O7/c18-11(16-10(15(23)24)5-6-12(19)20)7-17-13(21)8-3-1-2-4-9(8)14(17)22/h1-4,10H,5-7H2,(H,16,18)(H,19,20)(H,23,24)/t10-/m1/s1. The third-order valence-electron chi connectivity index (χ3n) is 3.46. The van der Waals surface area contributed by atoms with Gasteiger partial charge in [0.15, 0.2) is 0 Å². The number of carboxylic acid groups (broad SMARTS) is 2. The van der Waals surface area contributed by atoms with Gasteiger partial charge in [-0.15, -0.1) is 0 Å². The molecule has 1 aromatic rings. The van der Waals surface area contributed by atoms with E-state index >= 15 is 0 Å². The van der Waals surface area contributed by atoms with Gasteiger partial charge < -0.3 is 15.5 Å². The van der Waals surface area contributed by atoms with Crippen molar-refractivity contribution in [2.45, 2.75) is 18.9 Å². The lowest BCUT2D eigenvalue weighted by Crippen LogP contribution is -2.47. The fourth-order valence-electron chi connectivity index (χ4n) is 2.29. The largest absolute Gasteiger partial charge is 0.481 e. The zero-order valence-corrected chi connectivity index (χ0v) is 12.4. The van der Waals surface area contributed by atoms with Crippen LogP contribution in [0, 0.1) is 0 Å². The van der Waals surface area contributed by atoms with Crippen LogP contribution >= 0.6 is 0 Å². The zero-order chi connectivity index (χ0) is 17.9. The zero-order valence-electron chi connectivity index (χ0n) is 12.4. The van der Waals surface area contributed by atoms with E-state index in [-0.39, 0.29) is 17.5 Å². The average Bonchev–Trinajstić information content (AvgIpc) is 2.76. The van der Waals surface area contributed by atoms with Gasteiger partial charge in [-0.05, 0) is 18.6 Å². The minimum atomic E-state index is -1.41. The molecule has 0 aromatic heterocycles. The molecule has 1 aliphatic heterocycles. The average molecular weight is 334 g/mol. The highest BCUT2D eigenvalue weighted by atomic mass is 16.4. The Balaban J connectivity index is 2.02. The summed E-state index contributed by atoms with van der Waals surface area (Å²) < 4.78 is 0. The molecule has 1 atom stereocenters. The molecule has 0 unspecified atom stereocenters. The van der Waals surface area contributed by atoms with E-state index in [0.29, 0.717) is 0 Å². The predicted molar refractivity (Wildman–Crippen MR) is 78.2 cm³/mol. The second-order valence-corrected chi connectivity index (χ2v) is 5.13. The Morgan fingerprint density at radius 3 is 2.04 bits per heavy atom. The maximum Gasteiger partial charge on any atom is 0.326 e. The van der Waals surface area contributed by atoms with Crippen LogP contribution in [-0.4, -0.2) is 57.4 Å². The Labute approximate surface area is 135 Å². The quantitative estimate of drug-likeness (QED) is 0.582. The minimum Gasteiger partial charge on any atom is -0.481 e. The first-order valence-corrected chi connectivity index (χ1v) is 7.00. The van der Waals surface area contributed by atoms with Gasteiger partial charge in [0.05, 0.1) is 11.1 Å². The van der Waals surface area contributed by atoms with Crippen molar-refractivity contribution in [3.8, 4) is 0 Å². The molecule has 0 saturated heterocycles. The van der Waals surface area contributed by atoms with E-state index < -0.39 is 48.7 Å². The van der Waals surface area contributed by atoms with E-state index in [2.05, 4.69) is 5.32 Å². The summed E-state index contributed by atoms with van der Waals surface area (Å²) in [5, 5.41) is 19.7. The molecule has 1 heterocycles. The lowest BCUT2D eigenvalue weighted by Gasteiger charge is -2.17. The smallest absolute Gasteiger partial charge is 0.326 e. The van der Waals surface area contributed by atoms with Crippen molar-refractivity contribution in [2.75, 3.05) is 6.54 Å². The van der Waals surface area contributed by atoms with Crippen LogP contribution in [0.5, 0.6) is 0 Å². The van der Waals surface area contributed by atoms with Gasteiger partial charge in [-0.2, -0.15) is 0 Å². The number of carbonyl (C=O) groups excluding carboxylic acids is 3. The molecular formula is C15H14N2O7. The maximum atomic E-state index is 12.1. The van der Waals surface area contributed by atoms with Gasteiger partial charge in [-0.25, -0.2) is 4.79 Å². The molecule has 9 heteroatoms. The number of nitrogens with one attached hydrogen (secondary N) is 1. The van der Waals surface area contributed by atoms with Crippen molar-refractivity contribution in [1.82, 2.24) is 10.2 Å². The van der Waals surface area contributed by atoms with Crippen molar-refractivity contribution >= 4 is 29.7 Å². The maximum absolute atomic E-state index is 12.1. The number of nitrogens with zero attached hydrogens (tertiary/aromatic N) is 1. The van der Waals surface area contributed by atoms with Gasteiger partial charge in [0.1, 0.15) is 12.6 Å². The van der Waals surface area contributed by atoms with E-state index in [1.54, 1.807) is 12.1 Å². The first kappa shape index (κ1) is 17.1. The molecule has 0 saturated carbocycles. The number of imide groups is 1. The molecule has 126 valence electrons. The normalized spacial score (nSPS) is 14.2. The van der Waals surface area contributed by atoms with Gasteiger partial charge in [-0.3, -0.25) is 24.1 Å². The molecule has 0 spiro atoms. The Kier molecular flexibility index (Phi) is 4.93. The number of benzene rings is 1. The molecule has 1 aliphatic rings. The fourth-order valence-corrected chi connectivity index (χ4v) is 2.29. The second kappa shape index (κ2) is 6.90. The predicted octanol–water partition coefficient (Wildman–Crippen LogP) is -0.283. The summed E-state index contributed by atoms with van der Waals surface area (Å²) in [5.41, 5.74) is 0.354. The molecule has 0 fully saturated rings. The number of hydrogen-bond donors (Lipinski definition) is 3. The van der Waals surface area contributed by atoms with Crippen LogP contribution in [0.4, 0.5) is 0 Å². The van der Waals surface area contributed by atoms with Crippen LogP contribution in [0.2, 0.25) is 0 Å². The van der Waals surface area contributed by atoms with Crippen molar-refractivity contribution in [3.05, 3.63) is 35.4 Å². The summed E-state index contributed by atoms with van der Waals surface area (Å²) in [5.74, 6) is -4.73. The van der Waals surface area contributed by atoms with E-state index in [9.17, 15) is 24.0 Å². The Bertz CT molecular complexity index is 693. The summed E-state index contributed by atoms with van der Waals surface area (Å²) in [7, 11) is 0. The first-order valence-electron chi connectivity index (χ1n) is 7.00. The van der Waals surface area contributed by atoms with Crippen LogP contribution in [-0.2, 0) is 14.4 Å². The van der Waals surface area contributed by atoms with Crippen molar-refractivity contribution in [3.63, 3.8) is 0 Å². The number of amides is 3. The Hall–Kier alpha value is -3.23. The molecule has 1 aromatic carbocycles. The summed E-state index contributed by atoms with van der Waals surface area (Å²) in [6, 6.07) is 4.67. The molecule has 9 nitrogen and oxygen atoms in total. The topological polar surface area (TPSA) is 141 Å².